The number of esters is 2. The topological polar surface area (TPSA) is 102 Å². The zero-order valence-corrected chi connectivity index (χ0v) is 19.3. The largest absolute Gasteiger partial charge is 0.459 e. The molecule has 0 aliphatic carbocycles. The highest BCUT2D eigenvalue weighted by Crippen LogP contribution is 2.27. The highest BCUT2D eigenvalue weighted by Gasteiger charge is 2.36. The number of carbonyl (C=O) groups is 4. The van der Waals surface area contributed by atoms with Crippen LogP contribution >= 0.6 is 11.6 Å². The fourth-order valence-electron chi connectivity index (χ4n) is 3.36. The summed E-state index contributed by atoms with van der Waals surface area (Å²) >= 11 is 6.04. The second-order valence-corrected chi connectivity index (χ2v) is 8.38. The molecule has 1 aliphatic rings. The molecule has 0 saturated carbocycles. The molecule has 1 aliphatic heterocycles. The number of benzene rings is 2. The molecule has 0 radical (unpaired) electrons. The van der Waals surface area contributed by atoms with Crippen LogP contribution < -0.4 is 10.2 Å². The number of hydrogen-bond donors (Lipinski definition) is 1. The van der Waals surface area contributed by atoms with Gasteiger partial charge in [0.25, 0.3) is 5.91 Å². The lowest BCUT2D eigenvalue weighted by atomic mass is 10.1. The summed E-state index contributed by atoms with van der Waals surface area (Å²) in [6.07, 6.45) is -0.258. The van der Waals surface area contributed by atoms with Gasteiger partial charge in [0.15, 0.2) is 6.61 Å². The Balaban J connectivity index is 1.54. The number of nitrogens with one attached hydrogen (secondary N) is 1. The summed E-state index contributed by atoms with van der Waals surface area (Å²) in [6, 6.07) is 11.5. The summed E-state index contributed by atoms with van der Waals surface area (Å²) in [5.74, 6) is -2.51. The zero-order chi connectivity index (χ0) is 24.1. The number of rotatable bonds is 7. The summed E-state index contributed by atoms with van der Waals surface area (Å²) in [6.45, 7) is 4.94. The number of amides is 2. The van der Waals surface area contributed by atoms with Gasteiger partial charge in [-0.2, -0.15) is 0 Å². The number of ether oxygens (including phenoxy) is 2. The summed E-state index contributed by atoms with van der Waals surface area (Å²) < 4.78 is 10.3. The molecule has 0 bridgehead atoms. The predicted octanol–water partition coefficient (Wildman–Crippen LogP) is 3.75. The van der Waals surface area contributed by atoms with Gasteiger partial charge in [-0.1, -0.05) is 17.7 Å². The minimum Gasteiger partial charge on any atom is -0.459 e. The number of carbonyl (C=O) groups excluding carboxylic acids is 4. The van der Waals surface area contributed by atoms with Crippen LogP contribution in [0, 0.1) is 12.8 Å². The Morgan fingerprint density at radius 3 is 2.52 bits per heavy atom. The Morgan fingerprint density at radius 2 is 1.85 bits per heavy atom. The molecule has 3 rings (SSSR count). The van der Waals surface area contributed by atoms with E-state index in [9.17, 15) is 19.2 Å². The van der Waals surface area contributed by atoms with Crippen LogP contribution in [-0.2, 0) is 23.9 Å². The van der Waals surface area contributed by atoms with Gasteiger partial charge in [0, 0.05) is 29.4 Å². The van der Waals surface area contributed by atoms with Gasteiger partial charge in [-0.15, -0.1) is 0 Å². The second kappa shape index (κ2) is 10.5. The molecular weight excluding hydrogens is 448 g/mol. The molecule has 8 nitrogen and oxygen atoms in total. The fraction of sp³-hybridized carbons (Fsp3) is 0.333. The van der Waals surface area contributed by atoms with Crippen molar-refractivity contribution >= 4 is 46.7 Å². The van der Waals surface area contributed by atoms with Crippen LogP contribution in [0.4, 0.5) is 11.4 Å². The SMILES string of the molecule is Cc1c(Cl)cccc1NC(=O)COC(=O)[C@@H]1CC(=O)N(c2ccc(C(=O)OC(C)C)cc2)C1. The van der Waals surface area contributed by atoms with Crippen molar-refractivity contribution in [2.75, 3.05) is 23.4 Å². The van der Waals surface area contributed by atoms with Crippen LogP contribution in [0.15, 0.2) is 42.5 Å². The molecule has 33 heavy (non-hydrogen) atoms. The Bertz CT molecular complexity index is 1070. The molecule has 1 saturated heterocycles. The van der Waals surface area contributed by atoms with E-state index in [1.165, 1.54) is 4.90 Å². The highest BCUT2D eigenvalue weighted by molar-refractivity contribution is 6.31. The molecule has 0 aromatic heterocycles. The van der Waals surface area contributed by atoms with Crippen molar-refractivity contribution in [3.63, 3.8) is 0 Å². The summed E-state index contributed by atoms with van der Waals surface area (Å²) in [4.78, 5) is 50.4. The molecule has 0 unspecified atom stereocenters. The first-order chi connectivity index (χ1) is 15.7. The maximum atomic E-state index is 12.4. The highest BCUT2D eigenvalue weighted by atomic mass is 35.5. The number of anilines is 2. The van der Waals surface area contributed by atoms with Gasteiger partial charge in [0.2, 0.25) is 5.91 Å². The molecular formula is C24H25ClN2O6. The van der Waals surface area contributed by atoms with Crippen molar-refractivity contribution in [2.24, 2.45) is 5.92 Å². The van der Waals surface area contributed by atoms with Gasteiger partial charge < -0.3 is 19.7 Å². The molecule has 1 heterocycles. The van der Waals surface area contributed by atoms with Crippen LogP contribution in [0.5, 0.6) is 0 Å². The van der Waals surface area contributed by atoms with Crippen LogP contribution in [0.25, 0.3) is 0 Å². The number of halogens is 1. The molecule has 0 spiro atoms. The normalized spacial score (nSPS) is 15.5. The lowest BCUT2D eigenvalue weighted by Gasteiger charge is -2.17. The van der Waals surface area contributed by atoms with E-state index in [-0.39, 0.29) is 25.0 Å². The van der Waals surface area contributed by atoms with Crippen LogP contribution in [0.2, 0.25) is 5.02 Å². The lowest BCUT2D eigenvalue weighted by Crippen LogP contribution is -2.28. The zero-order valence-electron chi connectivity index (χ0n) is 18.6. The van der Waals surface area contributed by atoms with Crippen molar-refractivity contribution in [1.29, 1.82) is 0 Å². The third kappa shape index (κ3) is 6.10. The molecule has 1 atom stereocenters. The van der Waals surface area contributed by atoms with Gasteiger partial charge >= 0.3 is 11.9 Å². The minimum atomic E-state index is -0.691. The van der Waals surface area contributed by atoms with Gasteiger partial charge in [0.1, 0.15) is 0 Å². The first-order valence-corrected chi connectivity index (χ1v) is 10.9. The van der Waals surface area contributed by atoms with Gasteiger partial charge in [-0.25, -0.2) is 4.79 Å². The van der Waals surface area contributed by atoms with Gasteiger partial charge in [-0.05, 0) is 62.7 Å². The number of hydrogen-bond acceptors (Lipinski definition) is 6. The van der Waals surface area contributed by atoms with E-state index in [2.05, 4.69) is 5.32 Å². The molecule has 9 heteroatoms. The predicted molar refractivity (Wildman–Crippen MR) is 123 cm³/mol. The third-order valence-corrected chi connectivity index (χ3v) is 5.51. The lowest BCUT2D eigenvalue weighted by molar-refractivity contribution is -0.151. The third-order valence-electron chi connectivity index (χ3n) is 5.10. The maximum absolute atomic E-state index is 12.4. The average molecular weight is 473 g/mol. The standard InChI is InChI=1S/C24H25ClN2O6/c1-14(2)33-24(31)16-7-9-18(10-8-16)27-12-17(11-22(27)29)23(30)32-13-21(28)26-20-6-4-5-19(25)15(20)3/h4-10,14,17H,11-13H2,1-3H3,(H,26,28)/t17-/m1/s1. The monoisotopic (exact) mass is 472 g/mol. The minimum absolute atomic E-state index is 0.0228. The summed E-state index contributed by atoms with van der Waals surface area (Å²) in [5.41, 5.74) is 2.17. The van der Waals surface area contributed by atoms with Crippen molar-refractivity contribution in [2.45, 2.75) is 33.3 Å². The maximum Gasteiger partial charge on any atom is 0.338 e. The van der Waals surface area contributed by atoms with E-state index in [0.29, 0.717) is 27.5 Å². The molecule has 2 aromatic carbocycles. The van der Waals surface area contributed by atoms with Crippen LogP contribution in [0.3, 0.4) is 0 Å². The number of nitrogens with zero attached hydrogens (tertiary/aromatic N) is 1. The second-order valence-electron chi connectivity index (χ2n) is 7.97. The Labute approximate surface area is 196 Å². The van der Waals surface area contributed by atoms with Gasteiger partial charge in [0.05, 0.1) is 17.6 Å². The van der Waals surface area contributed by atoms with E-state index in [0.717, 1.165) is 0 Å². The smallest absolute Gasteiger partial charge is 0.338 e. The van der Waals surface area contributed by atoms with Crippen LogP contribution in [-0.4, -0.2) is 43.0 Å². The van der Waals surface area contributed by atoms with Gasteiger partial charge in [-0.3, -0.25) is 14.4 Å². The fourth-order valence-corrected chi connectivity index (χ4v) is 3.53. The molecule has 1 fully saturated rings. The summed E-state index contributed by atoms with van der Waals surface area (Å²) in [5, 5.41) is 3.16. The van der Waals surface area contributed by atoms with E-state index >= 15 is 0 Å². The van der Waals surface area contributed by atoms with Crippen LogP contribution in [0.1, 0.15) is 36.2 Å². The Hall–Kier alpha value is -3.39. The van der Waals surface area contributed by atoms with Crippen molar-refractivity contribution in [3.8, 4) is 0 Å². The van der Waals surface area contributed by atoms with Crippen molar-refractivity contribution < 1.29 is 28.7 Å². The first kappa shape index (κ1) is 24.3. The quantitative estimate of drug-likeness (QED) is 0.616. The van der Waals surface area contributed by atoms with E-state index < -0.39 is 30.4 Å². The van der Waals surface area contributed by atoms with E-state index in [1.54, 1.807) is 63.2 Å². The first-order valence-electron chi connectivity index (χ1n) is 10.5. The van der Waals surface area contributed by atoms with Crippen molar-refractivity contribution in [1.82, 2.24) is 0 Å². The van der Waals surface area contributed by atoms with E-state index in [4.69, 9.17) is 21.1 Å². The molecule has 2 aromatic rings. The molecule has 2 amide bonds. The Kier molecular flexibility index (Phi) is 7.71. The van der Waals surface area contributed by atoms with Crippen molar-refractivity contribution in [3.05, 3.63) is 58.6 Å². The average Bonchev–Trinajstić information content (AvgIpc) is 3.16. The molecule has 174 valence electrons. The van der Waals surface area contributed by atoms with E-state index in [1.807, 2.05) is 0 Å². The summed E-state index contributed by atoms with van der Waals surface area (Å²) in [7, 11) is 0. The Morgan fingerprint density at radius 1 is 1.15 bits per heavy atom. The molecule has 1 N–H and O–H groups in total.